The SMILES string of the molecule is CSc1ccc(/C=N\NC(=O)c2nnn(-c3nonc3N)c2-c2ccccc2)cc1. The zero-order valence-corrected chi connectivity index (χ0v) is 16.6. The van der Waals surface area contributed by atoms with Gasteiger partial charge in [0, 0.05) is 10.5 Å². The van der Waals surface area contributed by atoms with Crippen LogP contribution in [-0.4, -0.2) is 43.7 Å². The molecule has 11 heteroatoms. The van der Waals surface area contributed by atoms with Crippen LogP contribution in [0.3, 0.4) is 0 Å². The zero-order valence-electron chi connectivity index (χ0n) is 15.8. The lowest BCUT2D eigenvalue weighted by Crippen LogP contribution is -2.19. The molecule has 1 amide bonds. The van der Waals surface area contributed by atoms with Crippen LogP contribution in [0.1, 0.15) is 16.1 Å². The standard InChI is InChI=1S/C19H16N8O2S/c1-30-14-9-7-12(8-10-14)11-21-23-19(28)15-16(13-5-3-2-4-6-13)27(26-22-15)18-17(20)24-29-25-18/h2-11H,1H3,(H2,20,24)(H,23,28)/b21-11-. The highest BCUT2D eigenvalue weighted by Gasteiger charge is 2.24. The molecular weight excluding hydrogens is 404 g/mol. The molecule has 0 saturated heterocycles. The Balaban J connectivity index is 1.63. The molecule has 2 aromatic carbocycles. The van der Waals surface area contributed by atoms with E-state index in [9.17, 15) is 4.79 Å². The fourth-order valence-corrected chi connectivity index (χ4v) is 3.09. The van der Waals surface area contributed by atoms with E-state index in [2.05, 4.69) is 35.8 Å². The minimum Gasteiger partial charge on any atom is -0.378 e. The zero-order chi connectivity index (χ0) is 20.9. The first-order chi connectivity index (χ1) is 14.7. The van der Waals surface area contributed by atoms with Gasteiger partial charge in [0.25, 0.3) is 5.91 Å². The highest BCUT2D eigenvalue weighted by molar-refractivity contribution is 7.98. The van der Waals surface area contributed by atoms with Crippen molar-refractivity contribution in [2.45, 2.75) is 4.90 Å². The maximum absolute atomic E-state index is 12.8. The molecule has 0 spiro atoms. The van der Waals surface area contributed by atoms with E-state index in [1.165, 1.54) is 4.68 Å². The van der Waals surface area contributed by atoms with Gasteiger partial charge in [0.15, 0.2) is 5.69 Å². The van der Waals surface area contributed by atoms with Gasteiger partial charge in [-0.1, -0.05) is 47.7 Å². The van der Waals surface area contributed by atoms with Crippen molar-refractivity contribution in [1.82, 2.24) is 30.7 Å². The minimum atomic E-state index is -0.535. The molecule has 0 fully saturated rings. The number of hydrogen-bond donors (Lipinski definition) is 2. The van der Waals surface area contributed by atoms with Crippen molar-refractivity contribution in [3.8, 4) is 17.1 Å². The van der Waals surface area contributed by atoms with E-state index in [-0.39, 0.29) is 17.3 Å². The van der Waals surface area contributed by atoms with Gasteiger partial charge in [0.1, 0.15) is 5.69 Å². The Morgan fingerprint density at radius 1 is 1.17 bits per heavy atom. The lowest BCUT2D eigenvalue weighted by Gasteiger charge is -2.05. The number of benzene rings is 2. The number of thioether (sulfide) groups is 1. The average Bonchev–Trinajstić information content (AvgIpc) is 3.40. The first-order valence-electron chi connectivity index (χ1n) is 8.74. The fraction of sp³-hybridized carbons (Fsp3) is 0.0526. The van der Waals surface area contributed by atoms with E-state index in [4.69, 9.17) is 5.73 Å². The van der Waals surface area contributed by atoms with Gasteiger partial charge in [-0.2, -0.15) is 9.78 Å². The predicted molar refractivity (Wildman–Crippen MR) is 112 cm³/mol. The molecule has 0 aliphatic heterocycles. The number of nitrogens with zero attached hydrogens (tertiary/aromatic N) is 6. The van der Waals surface area contributed by atoms with Crippen LogP contribution in [0.15, 0.2) is 69.2 Å². The maximum atomic E-state index is 12.8. The van der Waals surface area contributed by atoms with E-state index in [0.717, 1.165) is 10.5 Å². The summed E-state index contributed by atoms with van der Waals surface area (Å²) in [6, 6.07) is 16.9. The molecule has 0 aliphatic rings. The Kier molecular flexibility index (Phi) is 5.52. The van der Waals surface area contributed by atoms with Gasteiger partial charge in [-0.25, -0.2) is 10.1 Å². The van der Waals surface area contributed by atoms with Crippen molar-refractivity contribution >= 4 is 29.7 Å². The summed E-state index contributed by atoms with van der Waals surface area (Å²) < 4.78 is 5.96. The second-order valence-corrected chi connectivity index (χ2v) is 6.89. The molecule has 0 unspecified atom stereocenters. The topological polar surface area (TPSA) is 137 Å². The van der Waals surface area contributed by atoms with E-state index < -0.39 is 5.91 Å². The summed E-state index contributed by atoms with van der Waals surface area (Å²) in [6.07, 6.45) is 3.55. The second-order valence-electron chi connectivity index (χ2n) is 6.01. The van der Waals surface area contributed by atoms with Crippen molar-refractivity contribution in [3.63, 3.8) is 0 Å². The lowest BCUT2D eigenvalue weighted by atomic mass is 10.1. The van der Waals surface area contributed by atoms with Crippen LogP contribution in [0.5, 0.6) is 0 Å². The van der Waals surface area contributed by atoms with Gasteiger partial charge in [-0.3, -0.25) is 4.79 Å². The Hall–Kier alpha value is -3.99. The van der Waals surface area contributed by atoms with Crippen molar-refractivity contribution in [2.24, 2.45) is 5.10 Å². The molecule has 150 valence electrons. The Labute approximate surface area is 175 Å². The van der Waals surface area contributed by atoms with Gasteiger partial charge in [-0.15, -0.1) is 16.9 Å². The van der Waals surface area contributed by atoms with Crippen LogP contribution in [0.25, 0.3) is 17.1 Å². The third kappa shape index (κ3) is 3.91. The highest BCUT2D eigenvalue weighted by atomic mass is 32.2. The molecule has 0 aliphatic carbocycles. The van der Waals surface area contributed by atoms with Crippen molar-refractivity contribution in [1.29, 1.82) is 0 Å². The van der Waals surface area contributed by atoms with Gasteiger partial charge >= 0.3 is 0 Å². The van der Waals surface area contributed by atoms with Crippen molar-refractivity contribution in [2.75, 3.05) is 12.0 Å². The second kappa shape index (κ2) is 8.57. The fourth-order valence-electron chi connectivity index (χ4n) is 2.68. The Morgan fingerprint density at radius 2 is 1.93 bits per heavy atom. The molecule has 2 heterocycles. The summed E-state index contributed by atoms with van der Waals surface area (Å²) in [5.41, 5.74) is 10.2. The smallest absolute Gasteiger partial charge is 0.294 e. The van der Waals surface area contributed by atoms with E-state index in [0.29, 0.717) is 11.3 Å². The summed E-state index contributed by atoms with van der Waals surface area (Å²) in [6.45, 7) is 0. The predicted octanol–water partition coefficient (Wildman–Crippen LogP) is 2.39. The largest absolute Gasteiger partial charge is 0.378 e. The number of aromatic nitrogens is 5. The van der Waals surface area contributed by atoms with Gasteiger partial charge in [-0.05, 0) is 34.3 Å². The number of rotatable bonds is 6. The lowest BCUT2D eigenvalue weighted by molar-refractivity contribution is 0.0950. The van der Waals surface area contributed by atoms with E-state index in [1.54, 1.807) is 18.0 Å². The van der Waals surface area contributed by atoms with Crippen LogP contribution in [0, 0.1) is 0 Å². The number of hydrogen-bond acceptors (Lipinski definition) is 9. The summed E-state index contributed by atoms with van der Waals surface area (Å²) in [4.78, 5) is 13.9. The third-order valence-electron chi connectivity index (χ3n) is 4.12. The monoisotopic (exact) mass is 420 g/mol. The number of anilines is 1. The highest BCUT2D eigenvalue weighted by Crippen LogP contribution is 2.26. The molecule has 2 aromatic heterocycles. The summed E-state index contributed by atoms with van der Waals surface area (Å²) in [5.74, 6) is -0.374. The molecular formula is C19H16N8O2S. The molecule has 3 N–H and O–H groups in total. The van der Waals surface area contributed by atoms with Crippen LogP contribution in [-0.2, 0) is 0 Å². The maximum Gasteiger partial charge on any atom is 0.294 e. The van der Waals surface area contributed by atoms with Crippen LogP contribution < -0.4 is 11.2 Å². The number of carbonyl (C=O) groups excluding carboxylic acids is 1. The van der Waals surface area contributed by atoms with Crippen LogP contribution >= 0.6 is 11.8 Å². The van der Waals surface area contributed by atoms with Gasteiger partial charge in [0.2, 0.25) is 11.6 Å². The summed E-state index contributed by atoms with van der Waals surface area (Å²) in [5, 5.41) is 19.3. The quantitative estimate of drug-likeness (QED) is 0.275. The van der Waals surface area contributed by atoms with Crippen molar-refractivity contribution in [3.05, 3.63) is 65.9 Å². The first kappa shape index (κ1) is 19.3. The molecule has 0 bridgehead atoms. The molecule has 4 aromatic rings. The number of nitrogens with one attached hydrogen (secondary N) is 1. The number of nitrogen functional groups attached to an aromatic ring is 1. The average molecular weight is 420 g/mol. The molecule has 30 heavy (non-hydrogen) atoms. The summed E-state index contributed by atoms with van der Waals surface area (Å²) in [7, 11) is 0. The Bertz CT molecular complexity index is 1180. The third-order valence-corrected chi connectivity index (χ3v) is 4.87. The minimum absolute atomic E-state index is 0.0238. The van der Waals surface area contributed by atoms with Crippen LogP contribution in [0.2, 0.25) is 0 Å². The number of carbonyl (C=O) groups is 1. The number of amides is 1. The van der Waals surface area contributed by atoms with Gasteiger partial charge < -0.3 is 5.73 Å². The molecule has 4 rings (SSSR count). The van der Waals surface area contributed by atoms with Gasteiger partial charge in [0.05, 0.1) is 6.21 Å². The van der Waals surface area contributed by atoms with Crippen molar-refractivity contribution < 1.29 is 9.42 Å². The molecule has 0 atom stereocenters. The number of hydrazone groups is 1. The molecule has 0 radical (unpaired) electrons. The van der Waals surface area contributed by atoms with E-state index >= 15 is 0 Å². The van der Waals surface area contributed by atoms with E-state index in [1.807, 2.05) is 60.9 Å². The molecule has 10 nitrogen and oxygen atoms in total. The number of nitrogens with two attached hydrogens (primary N) is 1. The normalized spacial score (nSPS) is 11.1. The molecule has 0 saturated carbocycles. The van der Waals surface area contributed by atoms with Crippen LogP contribution in [0.4, 0.5) is 5.82 Å². The summed E-state index contributed by atoms with van der Waals surface area (Å²) >= 11 is 1.65. The first-order valence-corrected chi connectivity index (χ1v) is 9.97. The Morgan fingerprint density at radius 3 is 2.60 bits per heavy atom.